The Kier molecular flexibility index (Phi) is 7.60. The van der Waals surface area contributed by atoms with Gasteiger partial charge in [-0.05, 0) is 43.9 Å². The van der Waals surface area contributed by atoms with E-state index in [1.54, 1.807) is 0 Å². The molecule has 1 aromatic heterocycles. The molecule has 26 heavy (non-hydrogen) atoms. The van der Waals surface area contributed by atoms with Gasteiger partial charge in [-0.15, -0.1) is 0 Å². The van der Waals surface area contributed by atoms with Gasteiger partial charge in [-0.25, -0.2) is 0 Å². The molecule has 0 bridgehead atoms. The average molecular weight is 379 g/mol. The summed E-state index contributed by atoms with van der Waals surface area (Å²) in [5.74, 6) is 0.975. The third-order valence-corrected chi connectivity index (χ3v) is 4.64. The summed E-state index contributed by atoms with van der Waals surface area (Å²) in [4.78, 5) is 16.7. The lowest BCUT2D eigenvalue weighted by atomic mass is 10.0. The highest BCUT2D eigenvalue weighted by atomic mass is 35.5. The van der Waals surface area contributed by atoms with Gasteiger partial charge in [0.15, 0.2) is 0 Å². The van der Waals surface area contributed by atoms with E-state index >= 15 is 0 Å². The summed E-state index contributed by atoms with van der Waals surface area (Å²) in [6, 6.07) is 5.30. The summed E-state index contributed by atoms with van der Waals surface area (Å²) in [7, 11) is 0. The molecule has 6 nitrogen and oxygen atoms in total. The maximum atomic E-state index is 12.2. The molecule has 0 radical (unpaired) electrons. The molecule has 0 aliphatic carbocycles. The monoisotopic (exact) mass is 378 g/mol. The van der Waals surface area contributed by atoms with E-state index in [-0.39, 0.29) is 17.9 Å². The molecular formula is C19H27ClN4O2. The summed E-state index contributed by atoms with van der Waals surface area (Å²) in [6.07, 6.45) is 3.19. The van der Waals surface area contributed by atoms with Crippen LogP contribution in [-0.4, -0.2) is 22.6 Å². The van der Waals surface area contributed by atoms with Gasteiger partial charge in [0, 0.05) is 17.0 Å². The first-order valence-electron chi connectivity index (χ1n) is 9.02. The first kappa shape index (κ1) is 20.4. The van der Waals surface area contributed by atoms with E-state index < -0.39 is 0 Å². The van der Waals surface area contributed by atoms with E-state index in [4.69, 9.17) is 21.9 Å². The first-order valence-corrected chi connectivity index (χ1v) is 9.39. The minimum atomic E-state index is -0.320. The molecule has 0 aliphatic rings. The van der Waals surface area contributed by atoms with Crippen LogP contribution in [0.1, 0.15) is 57.0 Å². The zero-order valence-electron chi connectivity index (χ0n) is 15.6. The lowest BCUT2D eigenvalue weighted by Crippen LogP contribution is -2.31. The van der Waals surface area contributed by atoms with Crippen LogP contribution in [-0.2, 0) is 4.79 Å². The minimum Gasteiger partial charge on any atom is -0.344 e. The summed E-state index contributed by atoms with van der Waals surface area (Å²) in [6.45, 7) is 6.60. The highest BCUT2D eigenvalue weighted by molar-refractivity contribution is 6.31. The number of nitrogens with two attached hydrogens (primary N) is 1. The van der Waals surface area contributed by atoms with Gasteiger partial charge in [0.25, 0.3) is 0 Å². The number of amides is 1. The Bertz CT molecular complexity index is 730. The van der Waals surface area contributed by atoms with E-state index in [2.05, 4.69) is 15.5 Å². The molecule has 3 N–H and O–H groups in total. The standard InChI is InChI=1S/C19H27ClN4O2/c1-12(2)17(22-16(25)7-5-4-6-10-21)19-23-18(24-26-19)14-9-8-13(3)15(20)11-14/h8-9,11-12,17H,4-7,10,21H2,1-3H3,(H,22,25). The minimum absolute atomic E-state index is 0.0150. The number of hydrogen-bond acceptors (Lipinski definition) is 5. The van der Waals surface area contributed by atoms with Crippen LogP contribution in [0.2, 0.25) is 5.02 Å². The fourth-order valence-electron chi connectivity index (χ4n) is 2.58. The topological polar surface area (TPSA) is 94.0 Å². The molecule has 1 aromatic carbocycles. The van der Waals surface area contributed by atoms with Crippen LogP contribution < -0.4 is 11.1 Å². The van der Waals surface area contributed by atoms with Crippen LogP contribution in [0.25, 0.3) is 11.4 Å². The lowest BCUT2D eigenvalue weighted by molar-refractivity contribution is -0.122. The lowest BCUT2D eigenvalue weighted by Gasteiger charge is -2.18. The van der Waals surface area contributed by atoms with Gasteiger partial charge in [-0.2, -0.15) is 4.98 Å². The summed E-state index contributed by atoms with van der Waals surface area (Å²) < 4.78 is 5.42. The Hall–Kier alpha value is -1.92. The maximum Gasteiger partial charge on any atom is 0.249 e. The smallest absolute Gasteiger partial charge is 0.249 e. The van der Waals surface area contributed by atoms with E-state index in [0.717, 1.165) is 30.4 Å². The van der Waals surface area contributed by atoms with E-state index in [1.807, 2.05) is 39.0 Å². The molecular weight excluding hydrogens is 352 g/mol. The van der Waals surface area contributed by atoms with Gasteiger partial charge in [0.05, 0.1) is 0 Å². The maximum absolute atomic E-state index is 12.2. The van der Waals surface area contributed by atoms with Crippen LogP contribution >= 0.6 is 11.6 Å². The fourth-order valence-corrected chi connectivity index (χ4v) is 2.76. The number of carbonyl (C=O) groups is 1. The number of nitrogens with zero attached hydrogens (tertiary/aromatic N) is 2. The molecule has 1 amide bonds. The number of aromatic nitrogens is 2. The Morgan fingerprint density at radius 3 is 2.73 bits per heavy atom. The average Bonchev–Trinajstić information content (AvgIpc) is 3.08. The van der Waals surface area contributed by atoms with Gasteiger partial charge in [-0.3, -0.25) is 4.79 Å². The van der Waals surface area contributed by atoms with E-state index in [0.29, 0.717) is 29.7 Å². The molecule has 2 aromatic rings. The normalized spacial score (nSPS) is 12.4. The van der Waals surface area contributed by atoms with Crippen molar-refractivity contribution in [3.63, 3.8) is 0 Å². The number of nitrogens with one attached hydrogen (secondary N) is 1. The number of unbranched alkanes of at least 4 members (excludes halogenated alkanes) is 2. The third kappa shape index (κ3) is 5.54. The van der Waals surface area contributed by atoms with Crippen molar-refractivity contribution in [3.8, 4) is 11.4 Å². The number of rotatable bonds is 9. The number of hydrogen-bond donors (Lipinski definition) is 2. The van der Waals surface area contributed by atoms with Crippen LogP contribution in [0.4, 0.5) is 0 Å². The van der Waals surface area contributed by atoms with Crippen molar-refractivity contribution in [1.82, 2.24) is 15.5 Å². The SMILES string of the molecule is Cc1ccc(-c2noc(C(NC(=O)CCCCCN)C(C)C)n2)cc1Cl. The number of carbonyl (C=O) groups excluding carboxylic acids is 1. The Morgan fingerprint density at radius 1 is 1.31 bits per heavy atom. The van der Waals surface area contributed by atoms with Crippen molar-refractivity contribution in [2.45, 2.75) is 52.5 Å². The molecule has 0 spiro atoms. The second kappa shape index (κ2) is 9.69. The Morgan fingerprint density at radius 2 is 2.08 bits per heavy atom. The molecule has 2 rings (SSSR count). The Labute approximate surface area is 159 Å². The molecule has 7 heteroatoms. The molecule has 142 valence electrons. The molecule has 0 saturated carbocycles. The largest absolute Gasteiger partial charge is 0.344 e. The van der Waals surface area contributed by atoms with Gasteiger partial charge in [0.2, 0.25) is 17.6 Å². The van der Waals surface area contributed by atoms with Crippen LogP contribution in [0.3, 0.4) is 0 Å². The van der Waals surface area contributed by atoms with E-state index in [1.165, 1.54) is 0 Å². The molecule has 1 unspecified atom stereocenters. The fraction of sp³-hybridized carbons (Fsp3) is 0.526. The molecule has 1 atom stereocenters. The van der Waals surface area contributed by atoms with Crippen molar-refractivity contribution < 1.29 is 9.32 Å². The predicted octanol–water partition coefficient (Wildman–Crippen LogP) is 4.03. The second-order valence-corrected chi connectivity index (χ2v) is 7.22. The van der Waals surface area contributed by atoms with E-state index in [9.17, 15) is 4.79 Å². The number of benzene rings is 1. The molecule has 1 heterocycles. The third-order valence-electron chi connectivity index (χ3n) is 4.23. The second-order valence-electron chi connectivity index (χ2n) is 6.81. The van der Waals surface area contributed by atoms with Gasteiger partial charge in [0.1, 0.15) is 6.04 Å². The van der Waals surface area contributed by atoms with Crippen molar-refractivity contribution in [1.29, 1.82) is 0 Å². The molecule has 0 saturated heterocycles. The van der Waals surface area contributed by atoms with Crippen LogP contribution in [0.5, 0.6) is 0 Å². The first-order chi connectivity index (χ1) is 12.4. The highest BCUT2D eigenvalue weighted by Gasteiger charge is 2.24. The van der Waals surface area contributed by atoms with Gasteiger partial charge < -0.3 is 15.6 Å². The summed E-state index contributed by atoms with van der Waals surface area (Å²) in [5, 5.41) is 7.70. The number of halogens is 1. The van der Waals surface area contributed by atoms with Crippen molar-refractivity contribution in [2.75, 3.05) is 6.54 Å². The highest BCUT2D eigenvalue weighted by Crippen LogP contribution is 2.26. The molecule has 0 aliphatic heterocycles. The van der Waals surface area contributed by atoms with Gasteiger partial charge >= 0.3 is 0 Å². The van der Waals surface area contributed by atoms with Gasteiger partial charge in [-0.1, -0.05) is 49.2 Å². The molecule has 0 fully saturated rings. The van der Waals surface area contributed by atoms with Crippen molar-refractivity contribution in [3.05, 3.63) is 34.7 Å². The van der Waals surface area contributed by atoms with Crippen LogP contribution in [0.15, 0.2) is 22.7 Å². The quantitative estimate of drug-likeness (QED) is 0.642. The summed E-state index contributed by atoms with van der Waals surface area (Å²) in [5.41, 5.74) is 7.24. The number of aryl methyl sites for hydroxylation is 1. The predicted molar refractivity (Wildman–Crippen MR) is 103 cm³/mol. The van der Waals surface area contributed by atoms with Crippen LogP contribution in [0, 0.1) is 12.8 Å². The zero-order valence-corrected chi connectivity index (χ0v) is 16.3. The summed E-state index contributed by atoms with van der Waals surface area (Å²) >= 11 is 6.17. The Balaban J connectivity index is 2.07. The zero-order chi connectivity index (χ0) is 19.1. The van der Waals surface area contributed by atoms with Crippen molar-refractivity contribution >= 4 is 17.5 Å². The van der Waals surface area contributed by atoms with Crippen molar-refractivity contribution in [2.24, 2.45) is 11.7 Å².